The number of ether oxygens (including phenoxy) is 1. The molecule has 1 aliphatic heterocycles. The number of aromatic nitrogens is 3. The highest BCUT2D eigenvalue weighted by Gasteiger charge is 2.28. The molecule has 1 atom stereocenters. The molecule has 7 heteroatoms. The van der Waals surface area contributed by atoms with Crippen LogP contribution in [0.2, 0.25) is 0 Å². The van der Waals surface area contributed by atoms with Gasteiger partial charge in [0.05, 0.1) is 13.2 Å². The van der Waals surface area contributed by atoms with Crippen LogP contribution in [0, 0.1) is 0 Å². The molecule has 0 spiro atoms. The minimum Gasteiger partial charge on any atom is -0.481 e. The highest BCUT2D eigenvalue weighted by atomic mass is 16.5. The van der Waals surface area contributed by atoms with E-state index in [4.69, 9.17) is 4.74 Å². The van der Waals surface area contributed by atoms with E-state index in [0.29, 0.717) is 11.6 Å². The Hall–Kier alpha value is -2.41. The van der Waals surface area contributed by atoms with Crippen LogP contribution in [0.15, 0.2) is 24.5 Å². The van der Waals surface area contributed by atoms with Gasteiger partial charge in [-0.15, -0.1) is 0 Å². The SMILES string of the molecule is COc1ncccc1CN1CCn2cc(C(=O)N(C)C)nc2C1C. The Morgan fingerprint density at radius 1 is 1.42 bits per heavy atom. The third-order valence-corrected chi connectivity index (χ3v) is 4.40. The molecule has 2 aromatic rings. The fourth-order valence-electron chi connectivity index (χ4n) is 3.03. The monoisotopic (exact) mass is 329 g/mol. The Morgan fingerprint density at radius 3 is 2.92 bits per heavy atom. The van der Waals surface area contributed by atoms with Crippen LogP contribution in [0.25, 0.3) is 0 Å². The van der Waals surface area contributed by atoms with Crippen LogP contribution < -0.4 is 4.74 Å². The molecule has 0 N–H and O–H groups in total. The van der Waals surface area contributed by atoms with Crippen LogP contribution in [0.5, 0.6) is 5.88 Å². The standard InChI is InChI=1S/C17H23N5O2/c1-12-15-19-14(17(23)20(2)3)11-22(15)9-8-21(12)10-13-6-5-7-18-16(13)24-4/h5-7,11-12H,8-10H2,1-4H3. The van der Waals surface area contributed by atoms with Gasteiger partial charge < -0.3 is 14.2 Å². The third kappa shape index (κ3) is 2.99. The smallest absolute Gasteiger partial charge is 0.273 e. The number of fused-ring (bicyclic) bond motifs is 1. The molecule has 0 bridgehead atoms. The molecule has 24 heavy (non-hydrogen) atoms. The number of carbonyl (C=O) groups is 1. The summed E-state index contributed by atoms with van der Waals surface area (Å²) in [7, 11) is 5.12. The van der Waals surface area contributed by atoms with Crippen molar-refractivity contribution in [3.63, 3.8) is 0 Å². The molecule has 0 saturated carbocycles. The summed E-state index contributed by atoms with van der Waals surface area (Å²) in [5, 5.41) is 0. The fourth-order valence-corrected chi connectivity index (χ4v) is 3.03. The average Bonchev–Trinajstić information content (AvgIpc) is 3.02. The molecule has 7 nitrogen and oxygen atoms in total. The molecule has 0 radical (unpaired) electrons. The van der Waals surface area contributed by atoms with E-state index in [2.05, 4.69) is 26.4 Å². The quantitative estimate of drug-likeness (QED) is 0.852. The number of amides is 1. The summed E-state index contributed by atoms with van der Waals surface area (Å²) < 4.78 is 7.43. The maximum atomic E-state index is 12.1. The van der Waals surface area contributed by atoms with Gasteiger partial charge in [0.25, 0.3) is 5.91 Å². The second-order valence-corrected chi connectivity index (χ2v) is 6.20. The maximum Gasteiger partial charge on any atom is 0.273 e. The lowest BCUT2D eigenvalue weighted by atomic mass is 10.1. The van der Waals surface area contributed by atoms with Crippen LogP contribution in [0.4, 0.5) is 0 Å². The number of pyridine rings is 1. The highest BCUT2D eigenvalue weighted by molar-refractivity contribution is 5.91. The fraction of sp³-hybridized carbons (Fsp3) is 0.471. The first-order chi connectivity index (χ1) is 11.5. The van der Waals surface area contributed by atoms with Crippen LogP contribution in [-0.2, 0) is 13.1 Å². The minimum absolute atomic E-state index is 0.0652. The Labute approximate surface area is 141 Å². The average molecular weight is 329 g/mol. The van der Waals surface area contributed by atoms with Crippen LogP contribution in [0.3, 0.4) is 0 Å². The van der Waals surface area contributed by atoms with Crippen molar-refractivity contribution in [3.05, 3.63) is 41.6 Å². The first-order valence-corrected chi connectivity index (χ1v) is 8.02. The molecule has 1 unspecified atom stereocenters. The van der Waals surface area contributed by atoms with Gasteiger partial charge in [0.1, 0.15) is 11.5 Å². The second kappa shape index (κ2) is 6.60. The van der Waals surface area contributed by atoms with E-state index in [1.807, 2.05) is 18.3 Å². The maximum absolute atomic E-state index is 12.1. The van der Waals surface area contributed by atoms with E-state index in [1.165, 1.54) is 0 Å². The highest BCUT2D eigenvalue weighted by Crippen LogP contribution is 2.28. The number of hydrogen-bond acceptors (Lipinski definition) is 5. The van der Waals surface area contributed by atoms with Crippen molar-refractivity contribution >= 4 is 5.91 Å². The Balaban J connectivity index is 1.82. The van der Waals surface area contributed by atoms with Crippen molar-refractivity contribution in [2.75, 3.05) is 27.7 Å². The number of nitrogens with zero attached hydrogens (tertiary/aromatic N) is 5. The van der Waals surface area contributed by atoms with Crippen molar-refractivity contribution < 1.29 is 9.53 Å². The predicted molar refractivity (Wildman–Crippen MR) is 89.9 cm³/mol. The van der Waals surface area contributed by atoms with Gasteiger partial charge in [-0.25, -0.2) is 9.97 Å². The third-order valence-electron chi connectivity index (χ3n) is 4.40. The number of methoxy groups -OCH3 is 1. The molecule has 0 saturated heterocycles. The zero-order chi connectivity index (χ0) is 17.3. The lowest BCUT2D eigenvalue weighted by molar-refractivity contribution is 0.0822. The Kier molecular flexibility index (Phi) is 4.53. The molecule has 1 amide bonds. The number of rotatable bonds is 4. The summed E-state index contributed by atoms with van der Waals surface area (Å²) in [5.74, 6) is 1.51. The number of carbonyl (C=O) groups excluding carboxylic acids is 1. The van der Waals surface area contributed by atoms with Crippen LogP contribution >= 0.6 is 0 Å². The molecular weight excluding hydrogens is 306 g/mol. The van der Waals surface area contributed by atoms with Crippen molar-refractivity contribution in [3.8, 4) is 5.88 Å². The predicted octanol–water partition coefficient (Wildman–Crippen LogP) is 1.57. The number of hydrogen-bond donors (Lipinski definition) is 0. The van der Waals surface area contributed by atoms with E-state index < -0.39 is 0 Å². The van der Waals surface area contributed by atoms with Gasteiger partial charge in [-0.1, -0.05) is 6.07 Å². The molecule has 128 valence electrons. The molecule has 0 aromatic carbocycles. The lowest BCUT2D eigenvalue weighted by Gasteiger charge is -2.33. The normalized spacial score (nSPS) is 17.4. The van der Waals surface area contributed by atoms with Crippen LogP contribution in [0.1, 0.15) is 34.8 Å². The van der Waals surface area contributed by atoms with Crippen LogP contribution in [-0.4, -0.2) is 58.0 Å². The second-order valence-electron chi connectivity index (χ2n) is 6.20. The van der Waals surface area contributed by atoms with E-state index in [0.717, 1.165) is 31.0 Å². The Bertz CT molecular complexity index is 740. The van der Waals surface area contributed by atoms with Gasteiger partial charge in [-0.05, 0) is 13.0 Å². The molecule has 3 heterocycles. The first-order valence-electron chi connectivity index (χ1n) is 8.02. The van der Waals surface area contributed by atoms with Crippen molar-refractivity contribution in [2.24, 2.45) is 0 Å². The summed E-state index contributed by atoms with van der Waals surface area (Å²) in [6.45, 7) is 4.56. The topological polar surface area (TPSA) is 63.5 Å². The lowest BCUT2D eigenvalue weighted by Crippen LogP contribution is -2.36. The summed E-state index contributed by atoms with van der Waals surface area (Å²) in [6.07, 6.45) is 3.59. The van der Waals surface area contributed by atoms with Gasteiger partial charge in [-0.3, -0.25) is 9.69 Å². The van der Waals surface area contributed by atoms with Gasteiger partial charge >= 0.3 is 0 Å². The first kappa shape index (κ1) is 16.4. The van der Waals surface area contributed by atoms with Crippen molar-refractivity contribution in [1.82, 2.24) is 24.3 Å². The Morgan fingerprint density at radius 2 is 2.21 bits per heavy atom. The summed E-state index contributed by atoms with van der Waals surface area (Å²) >= 11 is 0. The van der Waals surface area contributed by atoms with Gasteiger partial charge in [0.2, 0.25) is 5.88 Å². The van der Waals surface area contributed by atoms with Gasteiger partial charge in [0.15, 0.2) is 0 Å². The molecule has 0 fully saturated rings. The van der Waals surface area contributed by atoms with E-state index in [9.17, 15) is 4.79 Å². The number of imidazole rings is 1. The zero-order valence-electron chi connectivity index (χ0n) is 14.6. The van der Waals surface area contributed by atoms with Gasteiger partial charge in [0, 0.05) is 51.7 Å². The largest absolute Gasteiger partial charge is 0.481 e. The summed E-state index contributed by atoms with van der Waals surface area (Å²) in [4.78, 5) is 24.8. The van der Waals surface area contributed by atoms with E-state index in [-0.39, 0.29) is 11.9 Å². The molecule has 2 aromatic heterocycles. The molecule has 1 aliphatic rings. The van der Waals surface area contributed by atoms with Crippen molar-refractivity contribution in [2.45, 2.75) is 26.1 Å². The van der Waals surface area contributed by atoms with E-state index in [1.54, 1.807) is 32.3 Å². The molecule has 0 aliphatic carbocycles. The summed E-state index contributed by atoms with van der Waals surface area (Å²) in [6, 6.07) is 4.06. The van der Waals surface area contributed by atoms with Crippen molar-refractivity contribution in [1.29, 1.82) is 0 Å². The van der Waals surface area contributed by atoms with E-state index >= 15 is 0 Å². The molecule has 3 rings (SSSR count). The zero-order valence-corrected chi connectivity index (χ0v) is 14.6. The molecular formula is C17H23N5O2. The minimum atomic E-state index is -0.0652. The van der Waals surface area contributed by atoms with Gasteiger partial charge in [-0.2, -0.15) is 0 Å². The summed E-state index contributed by atoms with van der Waals surface area (Å²) in [5.41, 5.74) is 1.55.